The van der Waals surface area contributed by atoms with Crippen molar-refractivity contribution >= 4 is 17.3 Å². The third-order valence-corrected chi connectivity index (χ3v) is 4.94. The van der Waals surface area contributed by atoms with E-state index in [0.717, 1.165) is 34.7 Å². The molecule has 0 aliphatic heterocycles. The second-order valence-electron chi connectivity index (χ2n) is 6.96. The first-order chi connectivity index (χ1) is 14.8. The molecular formula is C24H20N6. The number of benzene rings is 2. The molecule has 1 N–H and O–H groups in total. The number of pyridine rings is 1. The molecule has 0 amide bonds. The number of anilines is 2. The van der Waals surface area contributed by atoms with Gasteiger partial charge in [0.15, 0.2) is 5.82 Å². The average Bonchev–Trinajstić information content (AvgIpc) is 3.25. The third kappa shape index (κ3) is 3.51. The number of fused-ring (bicyclic) bond motifs is 1. The minimum atomic E-state index is 0.530. The predicted octanol–water partition coefficient (Wildman–Crippen LogP) is 5.16. The molecule has 5 rings (SSSR count). The van der Waals surface area contributed by atoms with E-state index in [9.17, 15) is 0 Å². The second kappa shape index (κ2) is 7.75. The molecule has 30 heavy (non-hydrogen) atoms. The Balaban J connectivity index is 1.64. The fraction of sp³-hybridized carbons (Fsp3) is 0.0833. The van der Waals surface area contributed by atoms with Gasteiger partial charge in [0.05, 0.1) is 5.69 Å². The molecule has 0 spiro atoms. The highest BCUT2D eigenvalue weighted by atomic mass is 15.4. The van der Waals surface area contributed by atoms with Gasteiger partial charge in [-0.3, -0.25) is 4.98 Å². The zero-order valence-electron chi connectivity index (χ0n) is 16.5. The van der Waals surface area contributed by atoms with E-state index in [2.05, 4.69) is 51.6 Å². The van der Waals surface area contributed by atoms with E-state index in [1.54, 1.807) is 16.9 Å². The first-order valence-corrected chi connectivity index (χ1v) is 9.90. The van der Waals surface area contributed by atoms with Crippen molar-refractivity contribution in [2.24, 2.45) is 0 Å². The smallest absolute Gasteiger partial charge is 0.255 e. The number of rotatable bonds is 5. The number of nitrogens with zero attached hydrogens (tertiary/aromatic N) is 5. The van der Waals surface area contributed by atoms with Crippen LogP contribution in [-0.4, -0.2) is 24.6 Å². The molecule has 0 bridgehead atoms. The van der Waals surface area contributed by atoms with Crippen LogP contribution >= 0.6 is 0 Å². The van der Waals surface area contributed by atoms with E-state index in [0.29, 0.717) is 11.6 Å². The fourth-order valence-corrected chi connectivity index (χ4v) is 3.30. The van der Waals surface area contributed by atoms with E-state index in [-0.39, 0.29) is 0 Å². The number of hydrogen-bond donors (Lipinski definition) is 1. The van der Waals surface area contributed by atoms with Crippen LogP contribution in [0.3, 0.4) is 0 Å². The van der Waals surface area contributed by atoms with Gasteiger partial charge in [0, 0.05) is 35.3 Å². The molecule has 6 nitrogen and oxygen atoms in total. The highest BCUT2D eigenvalue weighted by Gasteiger charge is 2.14. The summed E-state index contributed by atoms with van der Waals surface area (Å²) >= 11 is 0. The van der Waals surface area contributed by atoms with Gasteiger partial charge in [-0.05, 0) is 36.2 Å². The molecule has 6 heteroatoms. The van der Waals surface area contributed by atoms with Crippen LogP contribution in [0.4, 0.5) is 11.5 Å². The number of hydrogen-bond acceptors (Lipinski definition) is 5. The van der Waals surface area contributed by atoms with Crippen molar-refractivity contribution < 1.29 is 0 Å². The molecule has 0 radical (unpaired) electrons. The van der Waals surface area contributed by atoms with E-state index in [1.165, 1.54) is 5.56 Å². The van der Waals surface area contributed by atoms with Gasteiger partial charge in [0.2, 0.25) is 0 Å². The van der Waals surface area contributed by atoms with Crippen molar-refractivity contribution in [2.75, 3.05) is 5.32 Å². The summed E-state index contributed by atoms with van der Waals surface area (Å²) in [5.41, 5.74) is 4.99. The molecule has 2 aromatic carbocycles. The number of aryl methyl sites for hydroxylation is 1. The van der Waals surface area contributed by atoms with Gasteiger partial charge in [-0.2, -0.15) is 9.50 Å². The molecule has 0 fully saturated rings. The predicted molar refractivity (Wildman–Crippen MR) is 119 cm³/mol. The summed E-state index contributed by atoms with van der Waals surface area (Å²) < 4.78 is 1.74. The van der Waals surface area contributed by atoms with Gasteiger partial charge in [-0.25, -0.2) is 4.98 Å². The van der Waals surface area contributed by atoms with Gasteiger partial charge in [-0.1, -0.05) is 49.4 Å². The Morgan fingerprint density at radius 2 is 1.67 bits per heavy atom. The lowest BCUT2D eigenvalue weighted by molar-refractivity contribution is 0.951. The zero-order valence-corrected chi connectivity index (χ0v) is 16.5. The molecule has 0 aliphatic carbocycles. The summed E-state index contributed by atoms with van der Waals surface area (Å²) in [7, 11) is 0. The van der Waals surface area contributed by atoms with Crippen molar-refractivity contribution in [3.8, 4) is 22.6 Å². The molecule has 3 heterocycles. The van der Waals surface area contributed by atoms with Crippen LogP contribution in [-0.2, 0) is 6.42 Å². The number of aromatic nitrogens is 5. The summed E-state index contributed by atoms with van der Waals surface area (Å²) in [5.74, 6) is 1.92. The fourth-order valence-electron chi connectivity index (χ4n) is 3.30. The highest BCUT2D eigenvalue weighted by Crippen LogP contribution is 2.26. The number of nitrogens with one attached hydrogen (secondary N) is 1. The van der Waals surface area contributed by atoms with Crippen molar-refractivity contribution in [1.82, 2.24) is 24.6 Å². The van der Waals surface area contributed by atoms with Crippen molar-refractivity contribution in [2.45, 2.75) is 13.3 Å². The van der Waals surface area contributed by atoms with Crippen molar-refractivity contribution in [3.63, 3.8) is 0 Å². The Bertz CT molecular complexity index is 1280. The summed E-state index contributed by atoms with van der Waals surface area (Å²) in [6, 6.07) is 24.3. The quantitative estimate of drug-likeness (QED) is 0.447. The maximum atomic E-state index is 4.75. The molecule has 0 atom stereocenters. The lowest BCUT2D eigenvalue weighted by Gasteiger charge is -2.10. The Morgan fingerprint density at radius 3 is 2.40 bits per heavy atom. The minimum absolute atomic E-state index is 0.530. The largest absolute Gasteiger partial charge is 0.340 e. The minimum Gasteiger partial charge on any atom is -0.340 e. The van der Waals surface area contributed by atoms with Gasteiger partial charge >= 0.3 is 0 Å². The molecule has 0 aliphatic rings. The molecule has 0 saturated carbocycles. The maximum absolute atomic E-state index is 4.75. The molecule has 0 unspecified atom stereocenters. The van der Waals surface area contributed by atoms with Crippen LogP contribution in [0, 0.1) is 0 Å². The Hall–Kier alpha value is -4.06. The van der Waals surface area contributed by atoms with Crippen LogP contribution in [0.5, 0.6) is 0 Å². The Morgan fingerprint density at radius 1 is 0.867 bits per heavy atom. The van der Waals surface area contributed by atoms with Crippen molar-refractivity contribution in [3.05, 3.63) is 90.8 Å². The molecule has 146 valence electrons. The van der Waals surface area contributed by atoms with Crippen LogP contribution < -0.4 is 5.32 Å². The zero-order chi connectivity index (χ0) is 20.3. The SMILES string of the molecule is CCc1ccc(Nc2cc(-c3ccccc3)nc3nc(-c4cccnc4)nn23)cc1. The summed E-state index contributed by atoms with van der Waals surface area (Å²) in [6.45, 7) is 2.15. The van der Waals surface area contributed by atoms with Gasteiger partial charge in [-0.15, -0.1) is 5.10 Å². The van der Waals surface area contributed by atoms with Crippen molar-refractivity contribution in [1.29, 1.82) is 0 Å². The topological polar surface area (TPSA) is 68.0 Å². The second-order valence-corrected chi connectivity index (χ2v) is 6.96. The maximum Gasteiger partial charge on any atom is 0.255 e. The molecule has 5 aromatic rings. The molecule has 0 saturated heterocycles. The van der Waals surface area contributed by atoms with E-state index in [1.807, 2.05) is 48.5 Å². The summed E-state index contributed by atoms with van der Waals surface area (Å²) in [5, 5.41) is 8.17. The molecule has 3 aromatic heterocycles. The van der Waals surface area contributed by atoms with Crippen LogP contribution in [0.15, 0.2) is 85.2 Å². The van der Waals surface area contributed by atoms with E-state index < -0.39 is 0 Å². The first kappa shape index (κ1) is 18.0. The third-order valence-electron chi connectivity index (χ3n) is 4.94. The van der Waals surface area contributed by atoms with Crippen LogP contribution in [0.25, 0.3) is 28.4 Å². The Labute approximate surface area is 174 Å². The van der Waals surface area contributed by atoms with E-state index in [4.69, 9.17) is 4.98 Å². The lowest BCUT2D eigenvalue weighted by atomic mass is 10.1. The summed E-state index contributed by atoms with van der Waals surface area (Å²) in [4.78, 5) is 13.6. The lowest BCUT2D eigenvalue weighted by Crippen LogP contribution is -2.03. The van der Waals surface area contributed by atoms with Crippen LogP contribution in [0.1, 0.15) is 12.5 Å². The average molecular weight is 392 g/mol. The first-order valence-electron chi connectivity index (χ1n) is 9.90. The van der Waals surface area contributed by atoms with Gasteiger partial charge < -0.3 is 5.32 Å². The van der Waals surface area contributed by atoms with E-state index >= 15 is 0 Å². The normalized spacial score (nSPS) is 11.0. The van der Waals surface area contributed by atoms with Crippen LogP contribution in [0.2, 0.25) is 0 Å². The standard InChI is InChI=1S/C24H20N6/c1-2-17-10-12-20(13-11-17)26-22-15-21(18-7-4-3-5-8-18)27-24-28-23(29-30(22)24)19-9-6-14-25-16-19/h3-16,26H,2H2,1H3. The molecular weight excluding hydrogens is 372 g/mol. The summed E-state index contributed by atoms with van der Waals surface area (Å²) in [6.07, 6.45) is 4.50. The Kier molecular flexibility index (Phi) is 4.65. The van der Waals surface area contributed by atoms with Gasteiger partial charge in [0.25, 0.3) is 5.78 Å². The monoisotopic (exact) mass is 392 g/mol. The van der Waals surface area contributed by atoms with Gasteiger partial charge in [0.1, 0.15) is 5.82 Å². The highest BCUT2D eigenvalue weighted by molar-refractivity contribution is 5.69.